The number of fused-ring (bicyclic) bond motifs is 1. The molecule has 0 bridgehead atoms. The number of anilines is 1. The summed E-state index contributed by atoms with van der Waals surface area (Å²) in [5.41, 5.74) is 1.79. The number of likely N-dealkylation sites (tertiary alicyclic amines) is 1. The third kappa shape index (κ3) is 3.86. The number of hydrogen-bond acceptors (Lipinski definition) is 5. The molecule has 1 amide bonds. The van der Waals surface area contributed by atoms with Crippen LogP contribution in [0.1, 0.15) is 39.2 Å². The Morgan fingerprint density at radius 1 is 1.24 bits per heavy atom. The van der Waals surface area contributed by atoms with Gasteiger partial charge in [-0.25, -0.2) is 4.79 Å². The molecule has 1 aromatic carbocycles. The highest BCUT2D eigenvalue weighted by Crippen LogP contribution is 2.35. The van der Waals surface area contributed by atoms with Crippen molar-refractivity contribution in [1.82, 2.24) is 4.90 Å². The Kier molecular flexibility index (Phi) is 4.58. The molecule has 0 aromatic heterocycles. The second kappa shape index (κ2) is 6.54. The van der Waals surface area contributed by atoms with Crippen molar-refractivity contribution in [1.29, 1.82) is 0 Å². The Balaban J connectivity index is 1.64. The molecule has 0 atom stereocenters. The summed E-state index contributed by atoms with van der Waals surface area (Å²) in [6.45, 7) is 7.79. The molecule has 0 spiro atoms. The molecular weight excluding hydrogens is 322 g/mol. The van der Waals surface area contributed by atoms with E-state index in [1.54, 1.807) is 17.0 Å². The van der Waals surface area contributed by atoms with Crippen LogP contribution in [0.3, 0.4) is 0 Å². The Labute approximate surface area is 147 Å². The number of amides is 1. The maximum atomic E-state index is 12.2. The highest BCUT2D eigenvalue weighted by molar-refractivity contribution is 5.68. The van der Waals surface area contributed by atoms with Gasteiger partial charge in [0.15, 0.2) is 0 Å². The first kappa shape index (κ1) is 17.5. The Morgan fingerprint density at radius 2 is 1.92 bits per heavy atom. The molecule has 3 rings (SSSR count). The normalized spacial score (nSPS) is 18.2. The van der Waals surface area contributed by atoms with E-state index in [-0.39, 0.29) is 16.7 Å². The molecule has 1 saturated heterocycles. The maximum absolute atomic E-state index is 12.2. The summed E-state index contributed by atoms with van der Waals surface area (Å²) in [6.07, 6.45) is 2.35. The summed E-state index contributed by atoms with van der Waals surface area (Å²) in [6, 6.07) is 5.43. The van der Waals surface area contributed by atoms with E-state index in [4.69, 9.17) is 4.74 Å². The van der Waals surface area contributed by atoms with Crippen LogP contribution in [0.2, 0.25) is 0 Å². The highest BCUT2D eigenvalue weighted by Gasteiger charge is 2.32. The minimum atomic E-state index is -0.485. The van der Waals surface area contributed by atoms with Crippen molar-refractivity contribution in [2.45, 2.75) is 51.7 Å². The minimum Gasteiger partial charge on any atom is -0.444 e. The van der Waals surface area contributed by atoms with E-state index in [2.05, 4.69) is 4.90 Å². The van der Waals surface area contributed by atoms with E-state index in [1.807, 2.05) is 26.8 Å². The average molecular weight is 347 g/mol. The summed E-state index contributed by atoms with van der Waals surface area (Å²) in [7, 11) is 0. The van der Waals surface area contributed by atoms with Gasteiger partial charge in [0, 0.05) is 43.5 Å². The molecule has 1 fully saturated rings. The molecule has 25 heavy (non-hydrogen) atoms. The first-order valence-corrected chi connectivity index (χ1v) is 8.76. The van der Waals surface area contributed by atoms with Gasteiger partial charge in [0.2, 0.25) is 0 Å². The maximum Gasteiger partial charge on any atom is 0.410 e. The zero-order valence-electron chi connectivity index (χ0n) is 15.0. The van der Waals surface area contributed by atoms with E-state index < -0.39 is 5.60 Å². The number of nitrogens with zero attached hydrogens (tertiary/aromatic N) is 3. The summed E-state index contributed by atoms with van der Waals surface area (Å²) in [5, 5.41) is 11.0. The van der Waals surface area contributed by atoms with E-state index >= 15 is 0 Å². The molecule has 7 heteroatoms. The SMILES string of the molecule is CC(C)(C)OC(=O)N1CCC(N2CCc3ccc([N+](=O)[O-])cc32)CC1. The Morgan fingerprint density at radius 3 is 2.52 bits per heavy atom. The van der Waals surface area contributed by atoms with Crippen LogP contribution in [-0.2, 0) is 11.2 Å². The number of nitro groups is 1. The van der Waals surface area contributed by atoms with Crippen LogP contribution in [0.4, 0.5) is 16.2 Å². The molecule has 0 saturated carbocycles. The zero-order valence-corrected chi connectivity index (χ0v) is 15.0. The molecule has 2 aliphatic rings. The van der Waals surface area contributed by atoms with Gasteiger partial charge in [-0.15, -0.1) is 0 Å². The number of carbonyl (C=O) groups is 1. The summed E-state index contributed by atoms with van der Waals surface area (Å²) < 4.78 is 5.43. The van der Waals surface area contributed by atoms with Gasteiger partial charge in [-0.1, -0.05) is 6.07 Å². The van der Waals surface area contributed by atoms with Gasteiger partial charge in [0.1, 0.15) is 5.60 Å². The first-order chi connectivity index (χ1) is 11.7. The fourth-order valence-corrected chi connectivity index (χ4v) is 3.57. The quantitative estimate of drug-likeness (QED) is 0.606. The lowest BCUT2D eigenvalue weighted by atomic mass is 10.0. The van der Waals surface area contributed by atoms with E-state index in [0.717, 1.165) is 31.5 Å². The fraction of sp³-hybridized carbons (Fsp3) is 0.611. The van der Waals surface area contributed by atoms with Gasteiger partial charge in [0.05, 0.1) is 4.92 Å². The summed E-state index contributed by atoms with van der Waals surface area (Å²) in [4.78, 5) is 26.9. The number of rotatable bonds is 2. The van der Waals surface area contributed by atoms with E-state index in [1.165, 1.54) is 5.56 Å². The van der Waals surface area contributed by atoms with Crippen LogP contribution in [0.25, 0.3) is 0 Å². The lowest BCUT2D eigenvalue weighted by Gasteiger charge is -2.38. The van der Waals surface area contributed by atoms with Gasteiger partial charge < -0.3 is 14.5 Å². The van der Waals surface area contributed by atoms with Gasteiger partial charge in [0.25, 0.3) is 5.69 Å². The Bertz CT molecular complexity index is 675. The van der Waals surface area contributed by atoms with Gasteiger partial charge in [-0.05, 0) is 45.6 Å². The van der Waals surface area contributed by atoms with Crippen LogP contribution in [-0.4, -0.2) is 47.2 Å². The van der Waals surface area contributed by atoms with Crippen molar-refractivity contribution in [2.24, 2.45) is 0 Å². The molecule has 2 heterocycles. The monoisotopic (exact) mass is 347 g/mol. The number of hydrogen-bond donors (Lipinski definition) is 0. The zero-order chi connectivity index (χ0) is 18.2. The minimum absolute atomic E-state index is 0.136. The molecule has 0 radical (unpaired) electrons. The van der Waals surface area contributed by atoms with Crippen LogP contribution < -0.4 is 4.90 Å². The van der Waals surface area contributed by atoms with Crippen molar-refractivity contribution in [2.75, 3.05) is 24.5 Å². The highest BCUT2D eigenvalue weighted by atomic mass is 16.6. The number of non-ortho nitro benzene ring substituents is 1. The standard InChI is InChI=1S/C18H25N3O4/c1-18(2,3)25-17(22)19-9-7-14(8-10-19)20-11-6-13-4-5-15(21(23)24)12-16(13)20/h4-5,12,14H,6-11H2,1-3H3. The molecule has 0 aliphatic carbocycles. The lowest BCUT2D eigenvalue weighted by molar-refractivity contribution is -0.384. The van der Waals surface area contributed by atoms with Crippen LogP contribution in [0.15, 0.2) is 18.2 Å². The topological polar surface area (TPSA) is 75.9 Å². The second-order valence-corrected chi connectivity index (χ2v) is 7.71. The number of piperidine rings is 1. The van der Waals surface area contributed by atoms with Crippen molar-refractivity contribution in [3.05, 3.63) is 33.9 Å². The molecule has 2 aliphatic heterocycles. The fourth-order valence-electron chi connectivity index (χ4n) is 3.57. The first-order valence-electron chi connectivity index (χ1n) is 8.76. The van der Waals surface area contributed by atoms with Gasteiger partial charge in [-0.3, -0.25) is 10.1 Å². The van der Waals surface area contributed by atoms with Crippen LogP contribution >= 0.6 is 0 Å². The predicted octanol–water partition coefficient (Wildman–Crippen LogP) is 3.36. The average Bonchev–Trinajstić information content (AvgIpc) is 2.96. The van der Waals surface area contributed by atoms with Crippen molar-refractivity contribution >= 4 is 17.5 Å². The lowest BCUT2D eigenvalue weighted by Crippen LogP contribution is -2.47. The molecular formula is C18H25N3O4. The van der Waals surface area contributed by atoms with E-state index in [0.29, 0.717) is 19.1 Å². The molecule has 7 nitrogen and oxygen atoms in total. The van der Waals surface area contributed by atoms with Gasteiger partial charge in [-0.2, -0.15) is 0 Å². The largest absolute Gasteiger partial charge is 0.444 e. The third-order valence-corrected chi connectivity index (χ3v) is 4.77. The second-order valence-electron chi connectivity index (χ2n) is 7.71. The summed E-state index contributed by atoms with van der Waals surface area (Å²) >= 11 is 0. The van der Waals surface area contributed by atoms with Crippen LogP contribution in [0.5, 0.6) is 0 Å². The van der Waals surface area contributed by atoms with Crippen LogP contribution in [0, 0.1) is 10.1 Å². The molecule has 136 valence electrons. The summed E-state index contributed by atoms with van der Waals surface area (Å²) in [5.74, 6) is 0. The van der Waals surface area contributed by atoms with Crippen molar-refractivity contribution < 1.29 is 14.5 Å². The number of carbonyl (C=O) groups excluding carboxylic acids is 1. The number of ether oxygens (including phenoxy) is 1. The Hall–Kier alpha value is -2.31. The third-order valence-electron chi connectivity index (χ3n) is 4.77. The van der Waals surface area contributed by atoms with Crippen molar-refractivity contribution in [3.63, 3.8) is 0 Å². The van der Waals surface area contributed by atoms with Crippen molar-refractivity contribution in [3.8, 4) is 0 Å². The molecule has 0 N–H and O–H groups in total. The van der Waals surface area contributed by atoms with E-state index in [9.17, 15) is 14.9 Å². The number of benzene rings is 1. The smallest absolute Gasteiger partial charge is 0.410 e. The number of nitro benzene ring substituents is 1. The van der Waals surface area contributed by atoms with Gasteiger partial charge >= 0.3 is 6.09 Å². The molecule has 1 aromatic rings. The predicted molar refractivity (Wildman–Crippen MR) is 95.0 cm³/mol. The molecule has 0 unspecified atom stereocenters.